The summed E-state index contributed by atoms with van der Waals surface area (Å²) in [6, 6.07) is 0. The van der Waals surface area contributed by atoms with Crippen LogP contribution in [-0.4, -0.2) is 0 Å². The Morgan fingerprint density at radius 3 is 1.31 bits per heavy atom. The van der Waals surface area contributed by atoms with Crippen LogP contribution in [0.1, 0.15) is 64.2 Å². The highest BCUT2D eigenvalue weighted by Gasteiger charge is 2.48. The van der Waals surface area contributed by atoms with Gasteiger partial charge in [-0.05, 0) is 74.0 Å². The molecule has 0 radical (unpaired) electrons. The molecule has 5 aliphatic rings. The molecular formula is C16H26. The Bertz CT molecular complexity index is 233. The highest BCUT2D eigenvalue weighted by Crippen LogP contribution is 2.58. The highest BCUT2D eigenvalue weighted by molar-refractivity contribution is 4.98. The summed E-state index contributed by atoms with van der Waals surface area (Å²) < 4.78 is 0. The molecule has 0 aromatic rings. The maximum absolute atomic E-state index is 1.65. The molecule has 5 saturated carbocycles. The van der Waals surface area contributed by atoms with E-state index >= 15 is 0 Å². The van der Waals surface area contributed by atoms with Gasteiger partial charge >= 0.3 is 0 Å². The van der Waals surface area contributed by atoms with E-state index in [2.05, 4.69) is 0 Å². The zero-order chi connectivity index (χ0) is 10.5. The van der Waals surface area contributed by atoms with E-state index in [4.69, 9.17) is 0 Å². The van der Waals surface area contributed by atoms with Crippen LogP contribution in [0, 0.1) is 35.5 Å². The van der Waals surface area contributed by atoms with Crippen molar-refractivity contribution >= 4 is 0 Å². The maximum Gasteiger partial charge on any atom is -0.0352 e. The second-order valence-electron chi connectivity index (χ2n) is 7.28. The van der Waals surface area contributed by atoms with Crippen molar-refractivity contribution in [3.63, 3.8) is 0 Å². The first kappa shape index (κ1) is 9.97. The first-order valence-corrected chi connectivity index (χ1v) is 7.92. The molecule has 0 aromatic carbocycles. The van der Waals surface area contributed by atoms with Crippen LogP contribution in [0.25, 0.3) is 0 Å². The number of fused-ring (bicyclic) bond motifs is 3. The van der Waals surface area contributed by atoms with Crippen molar-refractivity contribution in [2.45, 2.75) is 64.2 Å². The summed E-state index contributed by atoms with van der Waals surface area (Å²) in [7, 11) is 0. The van der Waals surface area contributed by atoms with Crippen molar-refractivity contribution in [3.8, 4) is 0 Å². The van der Waals surface area contributed by atoms with Gasteiger partial charge in [-0.3, -0.25) is 0 Å². The van der Waals surface area contributed by atoms with Crippen LogP contribution in [0.5, 0.6) is 0 Å². The van der Waals surface area contributed by atoms with Crippen molar-refractivity contribution in [2.24, 2.45) is 35.5 Å². The third-order valence-corrected chi connectivity index (χ3v) is 6.79. The summed E-state index contributed by atoms with van der Waals surface area (Å²) in [6.45, 7) is 0. The number of hydrogen-bond acceptors (Lipinski definition) is 0. The Morgan fingerprint density at radius 1 is 0.438 bits per heavy atom. The van der Waals surface area contributed by atoms with Crippen LogP contribution in [0.3, 0.4) is 0 Å². The van der Waals surface area contributed by atoms with Crippen molar-refractivity contribution < 1.29 is 0 Å². The molecule has 0 aliphatic heterocycles. The van der Waals surface area contributed by atoms with Crippen LogP contribution in [0.15, 0.2) is 0 Å². The second kappa shape index (κ2) is 3.75. The molecule has 0 aromatic heterocycles. The Kier molecular flexibility index (Phi) is 2.34. The Hall–Kier alpha value is 0. The lowest BCUT2D eigenvalue weighted by atomic mass is 9.50. The molecule has 5 aliphatic carbocycles. The molecule has 0 amide bonds. The van der Waals surface area contributed by atoms with E-state index in [0.717, 1.165) is 23.7 Å². The molecule has 5 fully saturated rings. The van der Waals surface area contributed by atoms with Crippen molar-refractivity contribution in [1.29, 1.82) is 0 Å². The molecule has 0 saturated heterocycles. The van der Waals surface area contributed by atoms with Gasteiger partial charge in [-0.1, -0.05) is 25.7 Å². The average molecular weight is 218 g/mol. The van der Waals surface area contributed by atoms with Crippen LogP contribution in [0.2, 0.25) is 0 Å². The van der Waals surface area contributed by atoms with E-state index in [9.17, 15) is 0 Å². The lowest BCUT2D eigenvalue weighted by molar-refractivity contribution is -0.0532. The quantitative estimate of drug-likeness (QED) is 0.555. The molecule has 5 rings (SSSR count). The van der Waals surface area contributed by atoms with Gasteiger partial charge in [0.2, 0.25) is 0 Å². The molecule has 0 nitrogen and oxygen atoms in total. The van der Waals surface area contributed by atoms with Gasteiger partial charge in [0.15, 0.2) is 0 Å². The largest absolute Gasteiger partial charge is 0.0530 e. The van der Waals surface area contributed by atoms with Crippen LogP contribution >= 0.6 is 0 Å². The van der Waals surface area contributed by atoms with Crippen molar-refractivity contribution in [3.05, 3.63) is 0 Å². The Morgan fingerprint density at radius 2 is 0.875 bits per heavy atom. The lowest BCUT2D eigenvalue weighted by Crippen LogP contribution is -2.46. The topological polar surface area (TPSA) is 0 Å². The third-order valence-electron chi connectivity index (χ3n) is 6.79. The minimum Gasteiger partial charge on any atom is -0.0530 e. The van der Waals surface area contributed by atoms with Gasteiger partial charge in [0.05, 0.1) is 0 Å². The summed E-state index contributed by atoms with van der Waals surface area (Å²) >= 11 is 0. The van der Waals surface area contributed by atoms with Crippen LogP contribution in [0.4, 0.5) is 0 Å². The summed E-state index contributed by atoms with van der Waals surface area (Å²) in [5.41, 5.74) is 0. The zero-order valence-electron chi connectivity index (χ0n) is 10.5. The fourth-order valence-corrected chi connectivity index (χ4v) is 6.04. The highest BCUT2D eigenvalue weighted by atomic mass is 14.5. The van der Waals surface area contributed by atoms with Gasteiger partial charge < -0.3 is 0 Å². The molecular weight excluding hydrogens is 192 g/mol. The minimum atomic E-state index is 1.16. The number of hydrogen-bond donors (Lipinski definition) is 0. The monoisotopic (exact) mass is 218 g/mol. The van der Waals surface area contributed by atoms with Crippen LogP contribution < -0.4 is 0 Å². The fraction of sp³-hybridized carbons (Fsp3) is 1.00. The molecule has 0 heteroatoms. The zero-order valence-corrected chi connectivity index (χ0v) is 10.5. The lowest BCUT2D eigenvalue weighted by Gasteiger charge is -2.55. The fourth-order valence-electron chi connectivity index (χ4n) is 6.04. The first-order valence-electron chi connectivity index (χ1n) is 7.92. The van der Waals surface area contributed by atoms with E-state index in [1.165, 1.54) is 11.8 Å². The summed E-state index contributed by atoms with van der Waals surface area (Å²) in [5, 5.41) is 0. The minimum absolute atomic E-state index is 1.16. The Balaban J connectivity index is 1.57. The Labute approximate surface area is 100 Å². The predicted octanol–water partition coefficient (Wildman–Crippen LogP) is 4.64. The third kappa shape index (κ3) is 1.41. The summed E-state index contributed by atoms with van der Waals surface area (Å²) in [4.78, 5) is 0. The molecule has 0 N–H and O–H groups in total. The normalized spacial score (nSPS) is 55.5. The van der Waals surface area contributed by atoms with E-state index in [0.29, 0.717) is 0 Å². The summed E-state index contributed by atoms with van der Waals surface area (Å²) in [6.07, 6.45) is 16.0. The van der Waals surface area contributed by atoms with E-state index in [1.807, 2.05) is 0 Å². The SMILES string of the molecule is C1CCC2CC3C4CCC(CC4)C3CC2C1. The standard InChI is InChI=1S/C16H26/c1-2-4-14-10-16-12-7-5-11(6-8-12)15(16)9-13(14)3-1/h11-16H,1-10H2. The summed E-state index contributed by atoms with van der Waals surface area (Å²) in [5.74, 6) is 7.03. The smallest absolute Gasteiger partial charge is 0.0352 e. The molecule has 4 unspecified atom stereocenters. The van der Waals surface area contributed by atoms with Gasteiger partial charge in [0.1, 0.15) is 0 Å². The molecule has 16 heavy (non-hydrogen) atoms. The van der Waals surface area contributed by atoms with E-state index in [1.54, 1.807) is 64.2 Å². The van der Waals surface area contributed by atoms with Gasteiger partial charge in [0.25, 0.3) is 0 Å². The number of rotatable bonds is 0. The molecule has 4 atom stereocenters. The second-order valence-corrected chi connectivity index (χ2v) is 7.28. The molecule has 0 spiro atoms. The van der Waals surface area contributed by atoms with E-state index < -0.39 is 0 Å². The first-order chi connectivity index (χ1) is 7.92. The van der Waals surface area contributed by atoms with Gasteiger partial charge in [-0.25, -0.2) is 0 Å². The molecule has 2 bridgehead atoms. The van der Waals surface area contributed by atoms with Crippen LogP contribution in [-0.2, 0) is 0 Å². The molecule has 0 heterocycles. The van der Waals surface area contributed by atoms with Gasteiger partial charge in [-0.15, -0.1) is 0 Å². The van der Waals surface area contributed by atoms with Crippen molar-refractivity contribution in [2.75, 3.05) is 0 Å². The maximum atomic E-state index is 1.65. The average Bonchev–Trinajstić information content (AvgIpc) is 2.38. The van der Waals surface area contributed by atoms with Gasteiger partial charge in [-0.2, -0.15) is 0 Å². The van der Waals surface area contributed by atoms with Gasteiger partial charge in [0, 0.05) is 0 Å². The molecule has 90 valence electrons. The van der Waals surface area contributed by atoms with Crippen molar-refractivity contribution in [1.82, 2.24) is 0 Å². The predicted molar refractivity (Wildman–Crippen MR) is 67.1 cm³/mol. The van der Waals surface area contributed by atoms with E-state index in [-0.39, 0.29) is 0 Å².